The Balaban J connectivity index is 2.58. The van der Waals surface area contributed by atoms with Gasteiger partial charge in [0.25, 0.3) is 0 Å². The first kappa shape index (κ1) is 8.83. The highest BCUT2D eigenvalue weighted by atomic mass is 16.4. The average Bonchev–Trinajstić information content (AvgIpc) is 2.03. The van der Waals surface area contributed by atoms with E-state index in [1.54, 1.807) is 0 Å². The van der Waals surface area contributed by atoms with Crippen LogP contribution >= 0.6 is 0 Å². The van der Waals surface area contributed by atoms with E-state index in [1.807, 2.05) is 13.8 Å². The molecule has 1 atom stereocenters. The van der Waals surface area contributed by atoms with Crippen molar-refractivity contribution < 1.29 is 14.7 Å². The minimum Gasteiger partial charge on any atom is -0.465 e. The molecule has 0 aromatic carbocycles. The van der Waals surface area contributed by atoms with Crippen LogP contribution in [0.25, 0.3) is 0 Å². The van der Waals surface area contributed by atoms with Gasteiger partial charge in [-0.05, 0) is 20.3 Å². The van der Waals surface area contributed by atoms with E-state index in [0.29, 0.717) is 6.42 Å². The van der Waals surface area contributed by atoms with Crippen molar-refractivity contribution in [1.82, 2.24) is 10.6 Å². The van der Waals surface area contributed by atoms with Crippen molar-refractivity contribution >= 4 is 12.0 Å². The summed E-state index contributed by atoms with van der Waals surface area (Å²) in [5.74, 6) is -0.248. The van der Waals surface area contributed by atoms with Gasteiger partial charge in [0, 0.05) is 5.54 Å². The lowest BCUT2D eigenvalue weighted by Gasteiger charge is -2.15. The van der Waals surface area contributed by atoms with Crippen LogP contribution in [0.1, 0.15) is 20.3 Å². The first-order valence-corrected chi connectivity index (χ1v) is 3.72. The van der Waals surface area contributed by atoms with Gasteiger partial charge in [-0.15, -0.1) is 0 Å². The van der Waals surface area contributed by atoms with Gasteiger partial charge in [0.15, 0.2) is 0 Å². The van der Waals surface area contributed by atoms with Crippen molar-refractivity contribution in [1.29, 1.82) is 0 Å². The molecule has 3 N–H and O–H groups in total. The highest BCUT2D eigenvalue weighted by Gasteiger charge is 2.37. The molecule has 0 radical (unpaired) electrons. The molecule has 0 saturated carbocycles. The molecular weight excluding hydrogens is 160 g/mol. The number of hydrogen-bond acceptors (Lipinski definition) is 2. The van der Waals surface area contributed by atoms with Gasteiger partial charge >= 0.3 is 6.09 Å². The van der Waals surface area contributed by atoms with Gasteiger partial charge in [-0.3, -0.25) is 4.79 Å². The summed E-state index contributed by atoms with van der Waals surface area (Å²) in [6, 6.07) is -0.600. The predicted molar refractivity (Wildman–Crippen MR) is 41.8 cm³/mol. The zero-order chi connectivity index (χ0) is 9.35. The fourth-order valence-corrected chi connectivity index (χ4v) is 1.34. The minimum absolute atomic E-state index is 0.248. The fourth-order valence-electron chi connectivity index (χ4n) is 1.34. The van der Waals surface area contributed by atoms with Crippen molar-refractivity contribution in [2.24, 2.45) is 0 Å². The molecule has 1 unspecified atom stereocenters. The standard InChI is InChI=1S/C7H12N2O3/c1-7(2)3-4(5(10)9-7)8-6(11)12/h4,8H,3H2,1-2H3,(H,9,10)(H,11,12). The normalized spacial score (nSPS) is 26.5. The molecule has 5 nitrogen and oxygen atoms in total. The summed E-state index contributed by atoms with van der Waals surface area (Å²) in [4.78, 5) is 21.3. The molecule has 1 rings (SSSR count). The first-order chi connectivity index (χ1) is 5.41. The summed E-state index contributed by atoms with van der Waals surface area (Å²) >= 11 is 0. The fraction of sp³-hybridized carbons (Fsp3) is 0.714. The molecule has 12 heavy (non-hydrogen) atoms. The molecule has 1 heterocycles. The Morgan fingerprint density at radius 1 is 1.75 bits per heavy atom. The van der Waals surface area contributed by atoms with Crippen LogP contribution in [0.5, 0.6) is 0 Å². The molecule has 1 aliphatic rings. The van der Waals surface area contributed by atoms with Crippen LogP contribution < -0.4 is 10.6 Å². The Morgan fingerprint density at radius 2 is 2.33 bits per heavy atom. The predicted octanol–water partition coefficient (Wildman–Crippen LogP) is -0.0789. The third-order valence-corrected chi connectivity index (χ3v) is 1.79. The second kappa shape index (κ2) is 2.66. The molecule has 1 fully saturated rings. The topological polar surface area (TPSA) is 78.4 Å². The maximum absolute atomic E-state index is 11.1. The summed E-state index contributed by atoms with van der Waals surface area (Å²) in [5.41, 5.74) is -0.301. The number of carbonyl (C=O) groups excluding carboxylic acids is 1. The lowest BCUT2D eigenvalue weighted by Crippen LogP contribution is -2.39. The molecule has 5 heteroatoms. The Hall–Kier alpha value is -1.26. The van der Waals surface area contributed by atoms with Gasteiger partial charge in [0.2, 0.25) is 5.91 Å². The summed E-state index contributed by atoms with van der Waals surface area (Å²) in [7, 11) is 0. The highest BCUT2D eigenvalue weighted by Crippen LogP contribution is 2.18. The third kappa shape index (κ3) is 1.87. The molecular formula is C7H12N2O3. The Labute approximate surface area is 70.1 Å². The van der Waals surface area contributed by atoms with Crippen molar-refractivity contribution in [2.45, 2.75) is 31.8 Å². The summed E-state index contributed by atoms with van der Waals surface area (Å²) < 4.78 is 0. The summed E-state index contributed by atoms with van der Waals surface area (Å²) in [5, 5.41) is 13.2. The Morgan fingerprint density at radius 3 is 2.67 bits per heavy atom. The van der Waals surface area contributed by atoms with E-state index >= 15 is 0 Å². The van der Waals surface area contributed by atoms with E-state index in [2.05, 4.69) is 10.6 Å². The Kier molecular flexibility index (Phi) is 1.95. The molecule has 0 aromatic heterocycles. The van der Waals surface area contributed by atoms with Crippen molar-refractivity contribution in [2.75, 3.05) is 0 Å². The smallest absolute Gasteiger partial charge is 0.405 e. The second-order valence-corrected chi connectivity index (χ2v) is 3.58. The van der Waals surface area contributed by atoms with Gasteiger partial charge in [-0.25, -0.2) is 4.79 Å². The quantitative estimate of drug-likeness (QED) is 0.517. The molecule has 68 valence electrons. The van der Waals surface area contributed by atoms with Crippen LogP contribution in [0.15, 0.2) is 0 Å². The van der Waals surface area contributed by atoms with Crippen molar-refractivity contribution in [3.05, 3.63) is 0 Å². The number of rotatable bonds is 1. The number of carbonyl (C=O) groups is 2. The molecule has 0 aliphatic carbocycles. The molecule has 0 bridgehead atoms. The maximum atomic E-state index is 11.1. The molecule has 0 spiro atoms. The molecule has 1 aliphatic heterocycles. The number of hydrogen-bond donors (Lipinski definition) is 3. The zero-order valence-electron chi connectivity index (χ0n) is 7.05. The summed E-state index contributed by atoms with van der Waals surface area (Å²) in [6.45, 7) is 3.71. The largest absolute Gasteiger partial charge is 0.465 e. The van der Waals surface area contributed by atoms with Crippen LogP contribution in [0.3, 0.4) is 0 Å². The SMILES string of the molecule is CC1(C)CC(NC(=O)O)C(=O)N1. The van der Waals surface area contributed by atoms with Crippen LogP contribution in [-0.2, 0) is 4.79 Å². The lowest BCUT2D eigenvalue weighted by atomic mass is 10.0. The average molecular weight is 172 g/mol. The van der Waals surface area contributed by atoms with Crippen LogP contribution in [0, 0.1) is 0 Å². The van der Waals surface area contributed by atoms with Gasteiger partial charge in [-0.1, -0.05) is 0 Å². The van der Waals surface area contributed by atoms with E-state index in [4.69, 9.17) is 5.11 Å². The van der Waals surface area contributed by atoms with E-state index in [9.17, 15) is 9.59 Å². The maximum Gasteiger partial charge on any atom is 0.405 e. The highest BCUT2D eigenvalue weighted by molar-refractivity contribution is 5.88. The number of nitrogens with one attached hydrogen (secondary N) is 2. The monoisotopic (exact) mass is 172 g/mol. The Bertz CT molecular complexity index is 225. The van der Waals surface area contributed by atoms with Crippen molar-refractivity contribution in [3.63, 3.8) is 0 Å². The van der Waals surface area contributed by atoms with Crippen LogP contribution in [-0.4, -0.2) is 28.7 Å². The molecule has 1 saturated heterocycles. The molecule has 2 amide bonds. The third-order valence-electron chi connectivity index (χ3n) is 1.79. The van der Waals surface area contributed by atoms with E-state index in [1.165, 1.54) is 0 Å². The van der Waals surface area contributed by atoms with Crippen molar-refractivity contribution in [3.8, 4) is 0 Å². The summed E-state index contributed by atoms with van der Waals surface area (Å²) in [6.07, 6.45) is -0.661. The lowest BCUT2D eigenvalue weighted by molar-refractivity contribution is -0.121. The number of carboxylic acid groups (broad SMARTS) is 1. The van der Waals surface area contributed by atoms with Gasteiger partial charge in [0.1, 0.15) is 6.04 Å². The zero-order valence-corrected chi connectivity index (χ0v) is 7.05. The van der Waals surface area contributed by atoms with E-state index in [-0.39, 0.29) is 11.4 Å². The second-order valence-electron chi connectivity index (χ2n) is 3.58. The van der Waals surface area contributed by atoms with Gasteiger partial charge < -0.3 is 15.7 Å². The van der Waals surface area contributed by atoms with Gasteiger partial charge in [-0.2, -0.15) is 0 Å². The molecule has 0 aromatic rings. The van der Waals surface area contributed by atoms with E-state index in [0.717, 1.165) is 0 Å². The minimum atomic E-state index is -1.16. The van der Waals surface area contributed by atoms with Gasteiger partial charge in [0.05, 0.1) is 0 Å². The van der Waals surface area contributed by atoms with Crippen LogP contribution in [0.4, 0.5) is 4.79 Å². The number of amides is 2. The van der Waals surface area contributed by atoms with Crippen LogP contribution in [0.2, 0.25) is 0 Å². The first-order valence-electron chi connectivity index (χ1n) is 3.72. The van der Waals surface area contributed by atoms with E-state index < -0.39 is 12.1 Å².